The highest BCUT2D eigenvalue weighted by atomic mass is 35.5. The van der Waals surface area contributed by atoms with Crippen molar-refractivity contribution in [1.82, 2.24) is 4.98 Å². The van der Waals surface area contributed by atoms with E-state index in [0.717, 1.165) is 4.90 Å². The molecule has 2 aliphatic carbocycles. The third-order valence-corrected chi connectivity index (χ3v) is 12.8. The zero-order valence-electron chi connectivity index (χ0n) is 29.0. The van der Waals surface area contributed by atoms with E-state index in [0.29, 0.717) is 22.6 Å². The van der Waals surface area contributed by atoms with Crippen molar-refractivity contribution in [2.24, 2.45) is 17.8 Å². The number of para-hydroxylation sites is 2. The first-order valence-electron chi connectivity index (χ1n) is 17.3. The standard InChI is InChI=1S/C40H24Cl2F5N3O7/c1-56-18-10-13-24(51)21(14-18)27-19-11-12-20-26(36(53)49(35(20)52)17-8-6-16(7-9-17)34-48-23-4-2-3-5-25(23)57-34)22(19)15-39(41)37(54)50(38(55)40(27,39)42)33-31(46)29(44)28(43)30(45)32(33)47/h2-11,13-14,20,22,26-27,51H,12,15H2,1H3/t20-,22+,26-,27+,39+,40-/m0/s1. The van der Waals surface area contributed by atoms with Gasteiger partial charge in [-0.05, 0) is 73.4 Å². The number of amides is 4. The van der Waals surface area contributed by atoms with E-state index < -0.39 is 104 Å². The van der Waals surface area contributed by atoms with Gasteiger partial charge in [0.05, 0.1) is 24.6 Å². The Kier molecular flexibility index (Phi) is 8.14. The summed E-state index contributed by atoms with van der Waals surface area (Å²) in [7, 11) is 1.29. The fourth-order valence-electron chi connectivity index (χ4n) is 8.81. The first-order chi connectivity index (χ1) is 27.1. The van der Waals surface area contributed by atoms with Crippen molar-refractivity contribution < 1.29 is 55.4 Å². The fraction of sp³-hybridized carbons (Fsp3) is 0.225. The number of halogens is 7. The van der Waals surface area contributed by atoms with Crippen LogP contribution in [0.1, 0.15) is 24.3 Å². The number of aromatic hydroxyl groups is 1. The lowest BCUT2D eigenvalue weighted by atomic mass is 9.56. The zero-order valence-corrected chi connectivity index (χ0v) is 30.5. The molecule has 4 aromatic carbocycles. The Balaban J connectivity index is 1.16. The summed E-state index contributed by atoms with van der Waals surface area (Å²) in [6.45, 7) is 0. The normalized spacial score (nSPS) is 26.8. The summed E-state index contributed by atoms with van der Waals surface area (Å²) < 4.78 is 85.0. The minimum Gasteiger partial charge on any atom is -0.508 e. The number of phenolic OH excluding ortho intramolecular Hbond substituents is 1. The summed E-state index contributed by atoms with van der Waals surface area (Å²) in [5, 5.41) is 11.2. The number of oxazole rings is 1. The zero-order chi connectivity index (χ0) is 40.5. The Hall–Kier alpha value is -5.80. The molecule has 1 aromatic heterocycles. The van der Waals surface area contributed by atoms with Crippen LogP contribution < -0.4 is 14.5 Å². The van der Waals surface area contributed by atoms with E-state index in [1.807, 2.05) is 0 Å². The van der Waals surface area contributed by atoms with Crippen LogP contribution in [0, 0.1) is 46.8 Å². The van der Waals surface area contributed by atoms with E-state index in [1.165, 1.54) is 43.5 Å². The molecule has 0 spiro atoms. The minimum absolute atomic E-state index is 0.0917. The van der Waals surface area contributed by atoms with E-state index in [4.69, 9.17) is 32.4 Å². The molecular weight excluding hydrogens is 800 g/mol. The van der Waals surface area contributed by atoms with Gasteiger partial charge in [0.1, 0.15) is 22.7 Å². The summed E-state index contributed by atoms with van der Waals surface area (Å²) in [6.07, 6.45) is 0.734. The number of nitrogens with zero attached hydrogens (tertiary/aromatic N) is 3. The van der Waals surface area contributed by atoms with E-state index in [-0.39, 0.29) is 33.9 Å². The van der Waals surface area contributed by atoms with Crippen molar-refractivity contribution in [2.75, 3.05) is 16.9 Å². The molecule has 10 nitrogen and oxygen atoms in total. The van der Waals surface area contributed by atoms with Crippen LogP contribution in [-0.2, 0) is 19.2 Å². The number of benzene rings is 4. The van der Waals surface area contributed by atoms with Crippen molar-refractivity contribution in [3.8, 4) is 23.0 Å². The van der Waals surface area contributed by atoms with Gasteiger partial charge in [-0.25, -0.2) is 31.8 Å². The van der Waals surface area contributed by atoms with Gasteiger partial charge in [0.25, 0.3) is 11.8 Å². The maximum atomic E-state index is 15.3. The predicted octanol–water partition coefficient (Wildman–Crippen LogP) is 7.67. The number of aromatic nitrogens is 1. The number of hydrogen-bond donors (Lipinski definition) is 1. The molecule has 3 heterocycles. The molecule has 57 heavy (non-hydrogen) atoms. The van der Waals surface area contributed by atoms with E-state index in [2.05, 4.69) is 4.98 Å². The highest BCUT2D eigenvalue weighted by molar-refractivity contribution is 6.58. The monoisotopic (exact) mass is 823 g/mol. The molecule has 3 fully saturated rings. The van der Waals surface area contributed by atoms with Crippen molar-refractivity contribution in [3.63, 3.8) is 0 Å². The number of imide groups is 2. The predicted molar refractivity (Wildman–Crippen MR) is 193 cm³/mol. The Morgan fingerprint density at radius 1 is 0.825 bits per heavy atom. The molecule has 9 rings (SSSR count). The summed E-state index contributed by atoms with van der Waals surface area (Å²) >= 11 is 14.3. The van der Waals surface area contributed by atoms with Gasteiger partial charge in [-0.3, -0.25) is 24.1 Å². The van der Waals surface area contributed by atoms with Crippen LogP contribution in [0.2, 0.25) is 0 Å². The quantitative estimate of drug-likeness (QED) is 0.0478. The molecule has 4 amide bonds. The first kappa shape index (κ1) is 36.8. The van der Waals surface area contributed by atoms with Crippen LogP contribution in [0.25, 0.3) is 22.6 Å². The lowest BCUT2D eigenvalue weighted by molar-refractivity contribution is -0.125. The molecule has 17 heteroatoms. The third-order valence-electron chi connectivity index (χ3n) is 11.4. The molecule has 2 aliphatic heterocycles. The number of alkyl halides is 2. The number of fused-ring (bicyclic) bond motifs is 5. The number of ether oxygens (including phenoxy) is 1. The lowest BCUT2D eigenvalue weighted by Gasteiger charge is -2.50. The molecule has 0 radical (unpaired) electrons. The highest BCUT2D eigenvalue weighted by Gasteiger charge is 2.77. The second-order valence-electron chi connectivity index (χ2n) is 14.2. The smallest absolute Gasteiger partial charge is 0.258 e. The molecule has 4 aliphatic rings. The first-order valence-corrected chi connectivity index (χ1v) is 18.1. The van der Waals surface area contributed by atoms with Gasteiger partial charge in [0.15, 0.2) is 38.6 Å². The van der Waals surface area contributed by atoms with E-state index in [1.54, 1.807) is 36.4 Å². The van der Waals surface area contributed by atoms with Crippen molar-refractivity contribution in [2.45, 2.75) is 28.5 Å². The second-order valence-corrected chi connectivity index (χ2v) is 15.4. The van der Waals surface area contributed by atoms with Crippen LogP contribution in [0.5, 0.6) is 11.5 Å². The Bertz CT molecular complexity index is 2610. The van der Waals surface area contributed by atoms with Gasteiger partial charge in [0, 0.05) is 17.0 Å². The van der Waals surface area contributed by atoms with Gasteiger partial charge >= 0.3 is 0 Å². The number of carbonyl (C=O) groups excluding carboxylic acids is 4. The third kappa shape index (κ3) is 4.84. The number of allylic oxidation sites excluding steroid dienone is 2. The Labute approximate surface area is 328 Å². The Morgan fingerprint density at radius 3 is 2.16 bits per heavy atom. The van der Waals surface area contributed by atoms with Crippen LogP contribution in [-0.4, -0.2) is 50.6 Å². The van der Waals surface area contributed by atoms with E-state index >= 15 is 8.78 Å². The topological polar surface area (TPSA) is 130 Å². The fourth-order valence-corrected chi connectivity index (χ4v) is 9.73. The number of phenols is 1. The average Bonchev–Trinajstić information content (AvgIpc) is 3.80. The molecule has 2 saturated heterocycles. The van der Waals surface area contributed by atoms with Crippen LogP contribution >= 0.6 is 23.2 Å². The molecule has 5 aromatic rings. The number of rotatable bonds is 5. The van der Waals surface area contributed by atoms with Crippen molar-refractivity contribution in [1.29, 1.82) is 0 Å². The molecular formula is C40H24Cl2F5N3O7. The number of methoxy groups -OCH3 is 1. The Morgan fingerprint density at radius 2 is 1.49 bits per heavy atom. The van der Waals surface area contributed by atoms with Crippen LogP contribution in [0.3, 0.4) is 0 Å². The SMILES string of the molecule is COc1ccc(O)c([C@H]2C3=CC[C@@H]4C(=O)N(c5ccc(-c6nc7ccccc7o6)cc5)C(=O)[C@@H]4[C@@H]3C[C@@]3(Cl)C(=O)N(c4c(F)c(F)c(F)c(F)c4F)C(=O)[C@@]23Cl)c1. The summed E-state index contributed by atoms with van der Waals surface area (Å²) in [4.78, 5) is 57.1. The van der Waals surface area contributed by atoms with Gasteiger partial charge in [-0.2, -0.15) is 0 Å². The van der Waals surface area contributed by atoms with E-state index in [9.17, 15) is 37.5 Å². The van der Waals surface area contributed by atoms with Crippen LogP contribution in [0.15, 0.2) is 82.8 Å². The lowest BCUT2D eigenvalue weighted by Crippen LogP contribution is -2.60. The minimum atomic E-state index is -2.81. The molecule has 6 atom stereocenters. The number of anilines is 2. The van der Waals surface area contributed by atoms with Crippen molar-refractivity contribution in [3.05, 3.63) is 113 Å². The number of carbonyl (C=O) groups is 4. The average molecular weight is 825 g/mol. The summed E-state index contributed by atoms with van der Waals surface area (Å²) in [6, 6.07) is 17.2. The molecule has 1 saturated carbocycles. The van der Waals surface area contributed by atoms with Gasteiger partial charge in [-0.1, -0.05) is 23.8 Å². The van der Waals surface area contributed by atoms with Crippen molar-refractivity contribution >= 4 is 69.3 Å². The summed E-state index contributed by atoms with van der Waals surface area (Å²) in [5.74, 6) is -22.3. The molecule has 1 N–H and O–H groups in total. The second kappa shape index (κ2) is 12.6. The molecule has 0 bridgehead atoms. The largest absolute Gasteiger partial charge is 0.508 e. The molecule has 0 unspecified atom stereocenters. The highest BCUT2D eigenvalue weighted by Crippen LogP contribution is 2.67. The van der Waals surface area contributed by atoms with Crippen LogP contribution in [0.4, 0.5) is 33.3 Å². The number of hydrogen-bond acceptors (Lipinski definition) is 8. The van der Waals surface area contributed by atoms with Gasteiger partial charge < -0.3 is 14.3 Å². The van der Waals surface area contributed by atoms with Gasteiger partial charge in [0.2, 0.25) is 23.5 Å². The maximum Gasteiger partial charge on any atom is 0.258 e. The molecule has 290 valence electrons. The summed E-state index contributed by atoms with van der Waals surface area (Å²) in [5.41, 5.74) is 0.00669. The van der Waals surface area contributed by atoms with Gasteiger partial charge in [-0.15, -0.1) is 23.2 Å². The maximum absolute atomic E-state index is 15.3.